The third kappa shape index (κ3) is 5.59. The largest absolute Gasteiger partial charge is 0.435 e. The summed E-state index contributed by atoms with van der Waals surface area (Å²) in [7, 11) is 1.85. The summed E-state index contributed by atoms with van der Waals surface area (Å²) in [6, 6.07) is 9.28. The van der Waals surface area contributed by atoms with Crippen molar-refractivity contribution in [3.8, 4) is 0 Å². The summed E-state index contributed by atoms with van der Waals surface area (Å²) in [5.41, 5.74) is 2.25. The topological polar surface area (TPSA) is 71.3 Å². The number of rotatable bonds is 5. The van der Waals surface area contributed by atoms with Crippen LogP contribution in [0, 0.1) is 12.8 Å². The van der Waals surface area contributed by atoms with E-state index in [1.165, 1.54) is 29.4 Å². The minimum absolute atomic E-state index is 0.00693. The molecule has 2 aromatic heterocycles. The van der Waals surface area contributed by atoms with Crippen molar-refractivity contribution < 1.29 is 22.8 Å². The molecule has 7 nitrogen and oxygen atoms in total. The van der Waals surface area contributed by atoms with Gasteiger partial charge >= 0.3 is 6.18 Å². The van der Waals surface area contributed by atoms with Gasteiger partial charge in [0.2, 0.25) is 5.91 Å². The van der Waals surface area contributed by atoms with Gasteiger partial charge in [0.15, 0.2) is 5.69 Å². The van der Waals surface area contributed by atoms with E-state index in [-0.39, 0.29) is 30.3 Å². The van der Waals surface area contributed by atoms with E-state index in [2.05, 4.69) is 24.2 Å². The van der Waals surface area contributed by atoms with E-state index in [4.69, 9.17) is 4.98 Å². The Balaban J connectivity index is 1.19. The fourth-order valence-electron chi connectivity index (χ4n) is 5.78. The highest BCUT2D eigenvalue weighted by Gasteiger charge is 2.36. The Bertz CT molecular complexity index is 1360. The maximum atomic E-state index is 13.4. The number of thiazole rings is 1. The summed E-state index contributed by atoms with van der Waals surface area (Å²) in [5.74, 6) is 0.126. The molecule has 2 amide bonds. The van der Waals surface area contributed by atoms with E-state index in [1.807, 2.05) is 29.5 Å². The molecule has 0 bridgehead atoms. The van der Waals surface area contributed by atoms with E-state index < -0.39 is 11.9 Å². The number of aryl methyl sites for hydroxylation is 2. The summed E-state index contributed by atoms with van der Waals surface area (Å²) in [4.78, 5) is 34.4. The Hall–Kier alpha value is -3.21. The molecule has 0 N–H and O–H groups in total. The van der Waals surface area contributed by atoms with Gasteiger partial charge in [-0.3, -0.25) is 14.3 Å². The lowest BCUT2D eigenvalue weighted by Gasteiger charge is -2.37. The average Bonchev–Trinajstić information content (AvgIpc) is 3.55. The highest BCUT2D eigenvalue weighted by molar-refractivity contribution is 7.09. The summed E-state index contributed by atoms with van der Waals surface area (Å²) < 4.78 is 39.9. The zero-order valence-electron chi connectivity index (χ0n) is 22.2. The van der Waals surface area contributed by atoms with Crippen molar-refractivity contribution in [3.05, 3.63) is 68.9 Å². The van der Waals surface area contributed by atoms with Crippen LogP contribution in [0.4, 0.5) is 13.2 Å². The van der Waals surface area contributed by atoms with Crippen LogP contribution >= 0.6 is 11.3 Å². The molecule has 0 spiro atoms. The van der Waals surface area contributed by atoms with Crippen molar-refractivity contribution in [1.29, 1.82) is 0 Å². The summed E-state index contributed by atoms with van der Waals surface area (Å²) in [6.07, 6.45) is -1.13. The first-order chi connectivity index (χ1) is 18.5. The minimum atomic E-state index is -4.54. The molecule has 0 radical (unpaired) electrons. The van der Waals surface area contributed by atoms with Gasteiger partial charge in [0.25, 0.3) is 5.91 Å². The fourth-order valence-corrected chi connectivity index (χ4v) is 6.75. The molecule has 3 aromatic rings. The fraction of sp³-hybridized carbons (Fsp3) is 0.500. The molecule has 208 valence electrons. The van der Waals surface area contributed by atoms with E-state index in [0.717, 1.165) is 28.6 Å². The molecule has 5 rings (SSSR count). The molecule has 1 unspecified atom stereocenters. The highest BCUT2D eigenvalue weighted by Crippen LogP contribution is 2.39. The smallest absolute Gasteiger partial charge is 0.341 e. The van der Waals surface area contributed by atoms with Gasteiger partial charge in [-0.05, 0) is 55.7 Å². The van der Waals surface area contributed by atoms with Gasteiger partial charge < -0.3 is 9.80 Å². The Morgan fingerprint density at radius 3 is 2.56 bits per heavy atom. The van der Waals surface area contributed by atoms with Crippen molar-refractivity contribution in [2.24, 2.45) is 5.92 Å². The lowest BCUT2D eigenvalue weighted by Crippen LogP contribution is -2.40. The molecule has 0 saturated carbocycles. The maximum absolute atomic E-state index is 13.4. The van der Waals surface area contributed by atoms with Crippen LogP contribution in [0.5, 0.6) is 0 Å². The first-order valence-electron chi connectivity index (χ1n) is 13.2. The van der Waals surface area contributed by atoms with Crippen molar-refractivity contribution >= 4 is 23.2 Å². The molecular formula is C28H32F3N5O2S. The third-order valence-electron chi connectivity index (χ3n) is 8.01. The monoisotopic (exact) mass is 559 g/mol. The molecule has 2 aliphatic rings. The van der Waals surface area contributed by atoms with E-state index >= 15 is 0 Å². The van der Waals surface area contributed by atoms with Gasteiger partial charge in [0.1, 0.15) is 12.2 Å². The predicted molar refractivity (Wildman–Crippen MR) is 141 cm³/mol. The highest BCUT2D eigenvalue weighted by atomic mass is 32.1. The van der Waals surface area contributed by atoms with Crippen LogP contribution in [0.25, 0.3) is 0 Å². The second-order valence-electron chi connectivity index (χ2n) is 10.6. The number of amides is 2. The first kappa shape index (κ1) is 27.4. The van der Waals surface area contributed by atoms with Crippen LogP contribution < -0.4 is 0 Å². The van der Waals surface area contributed by atoms with E-state index in [1.54, 1.807) is 4.90 Å². The lowest BCUT2D eigenvalue weighted by molar-refractivity contribution is -0.142. The number of nitrogens with zero attached hydrogens (tertiary/aromatic N) is 5. The zero-order chi connectivity index (χ0) is 27.9. The minimum Gasteiger partial charge on any atom is -0.341 e. The molecular weight excluding hydrogens is 527 g/mol. The predicted octanol–water partition coefficient (Wildman–Crippen LogP) is 5.47. The number of alkyl halides is 3. The van der Waals surface area contributed by atoms with Gasteiger partial charge in [0.05, 0.1) is 11.0 Å². The van der Waals surface area contributed by atoms with Gasteiger partial charge in [-0.2, -0.15) is 18.3 Å². The number of carbonyl (C=O) groups is 2. The number of halogens is 3. The van der Waals surface area contributed by atoms with Crippen LogP contribution in [-0.4, -0.2) is 56.5 Å². The van der Waals surface area contributed by atoms with Gasteiger partial charge in [0, 0.05) is 37.1 Å². The number of fused-ring (bicyclic) bond motifs is 1. The normalized spacial score (nSPS) is 20.1. The molecule has 11 heteroatoms. The van der Waals surface area contributed by atoms with Gasteiger partial charge in [-0.15, -0.1) is 11.3 Å². The molecule has 1 saturated heterocycles. The third-order valence-corrected chi connectivity index (χ3v) is 9.02. The van der Waals surface area contributed by atoms with Gasteiger partial charge in [-0.25, -0.2) is 4.98 Å². The first-order valence-corrected chi connectivity index (χ1v) is 14.1. The Morgan fingerprint density at radius 1 is 1.15 bits per heavy atom. The molecule has 39 heavy (non-hydrogen) atoms. The SMILES string of the molecule is Cc1cc(C(F)(F)F)nn1CC(=O)N1CCC(c2nc(C(=O)N(C)[C@@H]3c4ccccc4CCC3C)cs2)CC1. The van der Waals surface area contributed by atoms with Crippen molar-refractivity contribution in [2.75, 3.05) is 20.1 Å². The van der Waals surface area contributed by atoms with E-state index in [0.29, 0.717) is 43.2 Å². The number of piperidine rings is 1. The number of carbonyl (C=O) groups excluding carboxylic acids is 2. The summed E-state index contributed by atoms with van der Waals surface area (Å²) >= 11 is 1.47. The molecule has 1 fully saturated rings. The Kier molecular flexibility index (Phi) is 7.54. The van der Waals surface area contributed by atoms with E-state index in [9.17, 15) is 22.8 Å². The van der Waals surface area contributed by atoms with Crippen LogP contribution in [0.15, 0.2) is 35.7 Å². The number of benzene rings is 1. The molecule has 1 aliphatic heterocycles. The number of hydrogen-bond donors (Lipinski definition) is 0. The number of hydrogen-bond acceptors (Lipinski definition) is 5. The molecule has 3 heterocycles. The molecule has 1 aliphatic carbocycles. The number of aromatic nitrogens is 3. The zero-order valence-corrected chi connectivity index (χ0v) is 23.1. The number of likely N-dealkylation sites (tertiary alicyclic amines) is 1. The standard InChI is InChI=1S/C28H32F3N5O2S/c1-17-8-9-19-6-4-5-7-21(19)25(17)34(3)27(38)22-16-39-26(32-22)20-10-12-35(13-11-20)24(37)15-36-18(2)14-23(33-36)28(29,30)31/h4-7,14,16-17,20,25H,8-13,15H2,1-3H3/t17?,25-/m0/s1. The second-order valence-corrected chi connectivity index (χ2v) is 11.5. The van der Waals surface area contributed by atoms with Crippen molar-refractivity contribution in [2.45, 2.75) is 64.2 Å². The summed E-state index contributed by atoms with van der Waals surface area (Å²) in [6.45, 7) is 4.44. The van der Waals surface area contributed by atoms with Gasteiger partial charge in [-0.1, -0.05) is 31.2 Å². The van der Waals surface area contributed by atoms with Crippen molar-refractivity contribution in [1.82, 2.24) is 24.6 Å². The van der Waals surface area contributed by atoms with Crippen molar-refractivity contribution in [3.63, 3.8) is 0 Å². The molecule has 1 aromatic carbocycles. The average molecular weight is 560 g/mol. The van der Waals surface area contributed by atoms with Crippen LogP contribution in [-0.2, 0) is 23.9 Å². The Labute approximate surface area is 229 Å². The lowest BCUT2D eigenvalue weighted by atomic mass is 9.80. The maximum Gasteiger partial charge on any atom is 0.435 e. The Morgan fingerprint density at radius 2 is 1.87 bits per heavy atom. The second kappa shape index (κ2) is 10.7. The quantitative estimate of drug-likeness (QED) is 0.416. The van der Waals surface area contributed by atoms with Crippen LogP contribution in [0.1, 0.15) is 76.2 Å². The summed E-state index contributed by atoms with van der Waals surface area (Å²) in [5, 5.41) is 6.27. The molecule has 2 atom stereocenters. The van der Waals surface area contributed by atoms with Crippen LogP contribution in [0.2, 0.25) is 0 Å². The van der Waals surface area contributed by atoms with Crippen LogP contribution in [0.3, 0.4) is 0 Å².